The first-order valence-electron chi connectivity index (χ1n) is 2.31. The molecule has 0 heterocycles. The van der Waals surface area contributed by atoms with Crippen LogP contribution in [0.3, 0.4) is 0 Å². The van der Waals surface area contributed by atoms with Gasteiger partial charge in [-0.05, 0) is 6.72 Å². The van der Waals surface area contributed by atoms with E-state index in [1.165, 1.54) is 6.21 Å². The smallest absolute Gasteiger partial charge is 0.0732 e. The summed E-state index contributed by atoms with van der Waals surface area (Å²) in [5.74, 6) is 0. The van der Waals surface area contributed by atoms with E-state index in [0.29, 0.717) is 13.1 Å². The van der Waals surface area contributed by atoms with Gasteiger partial charge in [0.05, 0.1) is 13.1 Å². The number of nitrogens with one attached hydrogen (secondary N) is 1. The van der Waals surface area contributed by atoms with Crippen LogP contribution < -0.4 is 0 Å². The molecule has 3 heteroatoms. The predicted octanol–water partition coefficient (Wildman–Crippen LogP) is 0.407. The Balaban J connectivity index is 3.06. The monoisotopic (exact) mass is 111 g/mol. The normalized spacial score (nSPS) is 9.50. The third kappa shape index (κ3) is 5.01. The highest BCUT2D eigenvalue weighted by Gasteiger charge is 1.67. The minimum absolute atomic E-state index is 0.454. The maximum Gasteiger partial charge on any atom is 0.0732 e. The van der Waals surface area contributed by atoms with Gasteiger partial charge >= 0.3 is 0 Å². The van der Waals surface area contributed by atoms with Crippen molar-refractivity contribution in [2.45, 2.75) is 0 Å². The minimum atomic E-state index is 0.454. The van der Waals surface area contributed by atoms with Crippen LogP contribution in [0.25, 0.3) is 0 Å². The van der Waals surface area contributed by atoms with Gasteiger partial charge in [0.15, 0.2) is 0 Å². The van der Waals surface area contributed by atoms with Crippen molar-refractivity contribution in [3.63, 3.8) is 0 Å². The van der Waals surface area contributed by atoms with Crippen molar-refractivity contribution < 1.29 is 0 Å². The summed E-state index contributed by atoms with van der Waals surface area (Å²) < 4.78 is 0. The van der Waals surface area contributed by atoms with Gasteiger partial charge in [-0.1, -0.05) is 0 Å². The molecule has 0 aromatic carbocycles. The Labute approximate surface area is 48.7 Å². The fourth-order valence-corrected chi connectivity index (χ4v) is 0.243. The molecule has 3 nitrogen and oxygen atoms in total. The maximum absolute atomic E-state index is 6.55. The molecule has 0 spiro atoms. The Hall–Kier alpha value is -0.990. The van der Waals surface area contributed by atoms with Gasteiger partial charge in [-0.15, -0.1) is 0 Å². The zero-order valence-corrected chi connectivity index (χ0v) is 4.67. The Morgan fingerprint density at radius 2 is 2.25 bits per heavy atom. The van der Waals surface area contributed by atoms with Crippen molar-refractivity contribution in [2.75, 3.05) is 13.1 Å². The molecule has 0 radical (unpaired) electrons. The van der Waals surface area contributed by atoms with E-state index in [0.717, 1.165) is 0 Å². The van der Waals surface area contributed by atoms with Gasteiger partial charge in [-0.25, -0.2) is 0 Å². The van der Waals surface area contributed by atoms with Gasteiger partial charge in [0, 0.05) is 12.4 Å². The SMILES string of the molecule is C=NC/C=N/CC=N. The van der Waals surface area contributed by atoms with Gasteiger partial charge in [-0.2, -0.15) is 0 Å². The zero-order valence-electron chi connectivity index (χ0n) is 4.67. The lowest BCUT2D eigenvalue weighted by atomic mass is 10.7. The van der Waals surface area contributed by atoms with Gasteiger partial charge < -0.3 is 5.41 Å². The van der Waals surface area contributed by atoms with Crippen LogP contribution in [0.4, 0.5) is 0 Å². The summed E-state index contributed by atoms with van der Waals surface area (Å²) in [6.45, 7) is 4.26. The summed E-state index contributed by atoms with van der Waals surface area (Å²) in [5.41, 5.74) is 0. The zero-order chi connectivity index (χ0) is 6.24. The number of rotatable bonds is 4. The topological polar surface area (TPSA) is 48.6 Å². The molecule has 0 saturated heterocycles. The van der Waals surface area contributed by atoms with E-state index in [1.54, 1.807) is 6.21 Å². The lowest BCUT2D eigenvalue weighted by Gasteiger charge is -1.77. The molecule has 1 N–H and O–H groups in total. The molecule has 0 aromatic rings. The fraction of sp³-hybridized carbons (Fsp3) is 0.400. The molecule has 0 amide bonds. The van der Waals surface area contributed by atoms with Crippen LogP contribution in [0.5, 0.6) is 0 Å². The number of aliphatic imine (C=N–C) groups is 2. The van der Waals surface area contributed by atoms with E-state index >= 15 is 0 Å². The summed E-state index contributed by atoms with van der Waals surface area (Å²) in [7, 11) is 0. The second kappa shape index (κ2) is 6.01. The Bertz CT molecular complexity index is 83.8. The molecular weight excluding hydrogens is 102 g/mol. The van der Waals surface area contributed by atoms with E-state index in [1.807, 2.05) is 0 Å². The average Bonchev–Trinajstić information content (AvgIpc) is 1.81. The molecule has 0 aliphatic rings. The highest BCUT2D eigenvalue weighted by Crippen LogP contribution is 1.62. The molecule has 0 aliphatic heterocycles. The van der Waals surface area contributed by atoms with Gasteiger partial charge in [0.2, 0.25) is 0 Å². The van der Waals surface area contributed by atoms with Crippen LogP contribution >= 0.6 is 0 Å². The molecule has 44 valence electrons. The summed E-state index contributed by atoms with van der Waals surface area (Å²) in [4.78, 5) is 7.31. The number of hydrogen-bond donors (Lipinski definition) is 1. The highest BCUT2D eigenvalue weighted by atomic mass is 14.8. The Morgan fingerprint density at radius 3 is 2.75 bits per heavy atom. The minimum Gasteiger partial charge on any atom is -0.311 e. The van der Waals surface area contributed by atoms with Gasteiger partial charge in [0.1, 0.15) is 0 Å². The van der Waals surface area contributed by atoms with Crippen molar-refractivity contribution in [1.82, 2.24) is 0 Å². The van der Waals surface area contributed by atoms with E-state index < -0.39 is 0 Å². The van der Waals surface area contributed by atoms with Crippen LogP contribution in [0.1, 0.15) is 0 Å². The molecule has 0 fully saturated rings. The lowest BCUT2D eigenvalue weighted by Crippen LogP contribution is -1.83. The molecule has 0 bridgehead atoms. The van der Waals surface area contributed by atoms with Crippen molar-refractivity contribution in [3.05, 3.63) is 0 Å². The number of nitrogens with zero attached hydrogens (tertiary/aromatic N) is 2. The van der Waals surface area contributed by atoms with Crippen molar-refractivity contribution in [1.29, 1.82) is 5.41 Å². The summed E-state index contributed by atoms with van der Waals surface area (Å²) in [6.07, 6.45) is 2.87. The van der Waals surface area contributed by atoms with Crippen molar-refractivity contribution >= 4 is 19.1 Å². The summed E-state index contributed by atoms with van der Waals surface area (Å²) in [6, 6.07) is 0. The molecule has 0 atom stereocenters. The molecule has 0 rings (SSSR count). The highest BCUT2D eigenvalue weighted by molar-refractivity contribution is 5.65. The van der Waals surface area contributed by atoms with Gasteiger partial charge in [0.25, 0.3) is 0 Å². The van der Waals surface area contributed by atoms with Crippen molar-refractivity contribution in [2.24, 2.45) is 9.98 Å². The molecule has 0 unspecified atom stereocenters. The first-order chi connectivity index (χ1) is 3.91. The van der Waals surface area contributed by atoms with Crippen LogP contribution in [0.2, 0.25) is 0 Å². The van der Waals surface area contributed by atoms with Crippen LogP contribution in [-0.4, -0.2) is 32.2 Å². The van der Waals surface area contributed by atoms with E-state index in [2.05, 4.69) is 16.7 Å². The van der Waals surface area contributed by atoms with E-state index in [-0.39, 0.29) is 0 Å². The average molecular weight is 111 g/mol. The van der Waals surface area contributed by atoms with Crippen LogP contribution in [0.15, 0.2) is 9.98 Å². The largest absolute Gasteiger partial charge is 0.311 e. The van der Waals surface area contributed by atoms with E-state index in [9.17, 15) is 0 Å². The van der Waals surface area contributed by atoms with Crippen LogP contribution in [0, 0.1) is 5.41 Å². The summed E-state index contributed by atoms with van der Waals surface area (Å²) >= 11 is 0. The first-order valence-corrected chi connectivity index (χ1v) is 2.31. The van der Waals surface area contributed by atoms with Crippen molar-refractivity contribution in [3.8, 4) is 0 Å². The third-order valence-electron chi connectivity index (χ3n) is 0.537. The third-order valence-corrected chi connectivity index (χ3v) is 0.537. The molecule has 0 saturated carbocycles. The standard InChI is InChI=1S/C5H9N3/c1-7-4-5-8-3-2-6/h2,5-6H,1,3-4H2/b6-2?,8-5+. The Kier molecular flexibility index (Phi) is 5.27. The fourth-order valence-electron chi connectivity index (χ4n) is 0.243. The molecule has 8 heavy (non-hydrogen) atoms. The first kappa shape index (κ1) is 7.01. The van der Waals surface area contributed by atoms with Gasteiger partial charge in [-0.3, -0.25) is 9.98 Å². The quantitative estimate of drug-likeness (QED) is 0.511. The molecule has 0 aromatic heterocycles. The van der Waals surface area contributed by atoms with Crippen LogP contribution in [-0.2, 0) is 0 Å². The second-order valence-corrected chi connectivity index (χ2v) is 1.16. The molecule has 0 aliphatic carbocycles. The second-order valence-electron chi connectivity index (χ2n) is 1.16. The molecular formula is C5H9N3. The Morgan fingerprint density at radius 1 is 1.50 bits per heavy atom. The summed E-state index contributed by atoms with van der Waals surface area (Å²) in [5, 5.41) is 6.55. The predicted molar refractivity (Wildman–Crippen MR) is 36.6 cm³/mol. The maximum atomic E-state index is 6.55. The van der Waals surface area contributed by atoms with E-state index in [4.69, 9.17) is 5.41 Å². The number of hydrogen-bond acceptors (Lipinski definition) is 3. The lowest BCUT2D eigenvalue weighted by molar-refractivity contribution is 1.26.